The molecule has 4 heteroatoms. The van der Waals surface area contributed by atoms with Gasteiger partial charge in [-0.2, -0.15) is 0 Å². The first-order valence-electron chi connectivity index (χ1n) is 4.23. The minimum Gasteiger partial charge on any atom is -0.397 e. The van der Waals surface area contributed by atoms with Crippen molar-refractivity contribution in [3.8, 4) is 0 Å². The molecule has 1 aliphatic carbocycles. The predicted molar refractivity (Wildman–Crippen MR) is 45.6 cm³/mol. The number of halogens is 2. The lowest BCUT2D eigenvalue weighted by atomic mass is 10.2. The number of alkyl halides is 2. The first-order chi connectivity index (χ1) is 6.18. The van der Waals surface area contributed by atoms with Crippen LogP contribution in [0.2, 0.25) is 0 Å². The molecule has 70 valence electrons. The van der Waals surface area contributed by atoms with Gasteiger partial charge in [0, 0.05) is 5.92 Å². The molecule has 0 saturated heterocycles. The Hall–Kier alpha value is -1.19. The molecule has 0 aliphatic heterocycles. The van der Waals surface area contributed by atoms with Crippen molar-refractivity contribution < 1.29 is 8.78 Å². The lowest BCUT2D eigenvalue weighted by Crippen LogP contribution is -2.00. The lowest BCUT2D eigenvalue weighted by molar-refractivity contribution is 0.146. The van der Waals surface area contributed by atoms with Gasteiger partial charge in [-0.1, -0.05) is 0 Å². The molecule has 2 rings (SSSR count). The summed E-state index contributed by atoms with van der Waals surface area (Å²) in [5.74, 6) is 0.318. The van der Waals surface area contributed by atoms with Gasteiger partial charge in [0.25, 0.3) is 6.43 Å². The van der Waals surface area contributed by atoms with E-state index in [1.165, 1.54) is 12.1 Å². The maximum atomic E-state index is 12.3. The minimum absolute atomic E-state index is 0.170. The number of hydrogen-bond acceptors (Lipinski definition) is 2. The number of aromatic nitrogens is 1. The van der Waals surface area contributed by atoms with Gasteiger partial charge in [0.05, 0.1) is 11.4 Å². The molecule has 1 aromatic heterocycles. The summed E-state index contributed by atoms with van der Waals surface area (Å²) in [6, 6.07) is 2.80. The summed E-state index contributed by atoms with van der Waals surface area (Å²) < 4.78 is 24.5. The van der Waals surface area contributed by atoms with Gasteiger partial charge in [-0.15, -0.1) is 0 Å². The van der Waals surface area contributed by atoms with Crippen LogP contribution in [0.3, 0.4) is 0 Å². The van der Waals surface area contributed by atoms with Gasteiger partial charge in [-0.05, 0) is 25.0 Å². The van der Waals surface area contributed by atoms with Crippen LogP contribution in [-0.4, -0.2) is 4.98 Å². The second kappa shape index (κ2) is 2.94. The Labute approximate surface area is 74.8 Å². The van der Waals surface area contributed by atoms with Crippen molar-refractivity contribution in [3.05, 3.63) is 23.5 Å². The fourth-order valence-electron chi connectivity index (χ4n) is 1.31. The molecule has 0 bridgehead atoms. The third kappa shape index (κ3) is 1.61. The fourth-order valence-corrected chi connectivity index (χ4v) is 1.31. The molecule has 0 spiro atoms. The number of nitrogens with two attached hydrogens (primary N) is 1. The zero-order chi connectivity index (χ0) is 9.42. The van der Waals surface area contributed by atoms with Gasteiger partial charge in [-0.3, -0.25) is 0 Å². The molecule has 2 nitrogen and oxygen atoms in total. The topological polar surface area (TPSA) is 38.9 Å². The molecule has 0 unspecified atom stereocenters. The quantitative estimate of drug-likeness (QED) is 0.766. The number of nitrogen functional groups attached to an aromatic ring is 1. The van der Waals surface area contributed by atoms with Gasteiger partial charge in [-0.25, -0.2) is 13.8 Å². The normalized spacial score (nSPS) is 16.5. The molecule has 1 aliphatic rings. The van der Waals surface area contributed by atoms with E-state index in [9.17, 15) is 8.78 Å². The van der Waals surface area contributed by atoms with E-state index in [1.807, 2.05) is 0 Å². The summed E-state index contributed by atoms with van der Waals surface area (Å²) in [5, 5.41) is 0. The minimum atomic E-state index is -2.50. The van der Waals surface area contributed by atoms with E-state index >= 15 is 0 Å². The van der Waals surface area contributed by atoms with Gasteiger partial charge in [0.2, 0.25) is 0 Å². The summed E-state index contributed by atoms with van der Waals surface area (Å²) in [4.78, 5) is 3.86. The number of pyridine rings is 1. The second-order valence-corrected chi connectivity index (χ2v) is 3.29. The molecule has 1 heterocycles. The average Bonchev–Trinajstić information content (AvgIpc) is 2.87. The molecular formula is C9H10F2N2. The van der Waals surface area contributed by atoms with Gasteiger partial charge in [0.1, 0.15) is 5.69 Å². The van der Waals surface area contributed by atoms with Crippen LogP contribution >= 0.6 is 0 Å². The summed E-state index contributed by atoms with van der Waals surface area (Å²) >= 11 is 0. The highest BCUT2D eigenvalue weighted by Crippen LogP contribution is 2.41. The van der Waals surface area contributed by atoms with E-state index in [1.54, 1.807) is 0 Å². The number of anilines is 1. The van der Waals surface area contributed by atoms with E-state index < -0.39 is 6.43 Å². The first-order valence-corrected chi connectivity index (χ1v) is 4.23. The van der Waals surface area contributed by atoms with E-state index in [0.29, 0.717) is 17.3 Å². The standard InChI is InChI=1S/C9H10F2N2/c10-9(11)7-4-3-6(12)8(13-7)5-1-2-5/h3-5,9H,1-2,12H2. The first kappa shape index (κ1) is 8.41. The highest BCUT2D eigenvalue weighted by Gasteiger charge is 2.28. The van der Waals surface area contributed by atoms with Crippen LogP contribution < -0.4 is 5.73 Å². The number of hydrogen-bond donors (Lipinski definition) is 1. The molecule has 0 radical (unpaired) electrons. The van der Waals surface area contributed by atoms with Crippen molar-refractivity contribution in [1.82, 2.24) is 4.98 Å². The van der Waals surface area contributed by atoms with Gasteiger partial charge < -0.3 is 5.73 Å². The van der Waals surface area contributed by atoms with Gasteiger partial charge >= 0.3 is 0 Å². The summed E-state index contributed by atoms with van der Waals surface area (Å²) in [6.07, 6.45) is -0.466. The van der Waals surface area contributed by atoms with Crippen LogP contribution in [0.4, 0.5) is 14.5 Å². The molecule has 0 amide bonds. The average molecular weight is 184 g/mol. The third-order valence-electron chi connectivity index (χ3n) is 2.17. The van der Waals surface area contributed by atoms with E-state index in [0.717, 1.165) is 12.8 Å². The molecule has 1 saturated carbocycles. The van der Waals surface area contributed by atoms with Gasteiger partial charge in [0.15, 0.2) is 0 Å². The van der Waals surface area contributed by atoms with Crippen LogP contribution in [0, 0.1) is 0 Å². The maximum absolute atomic E-state index is 12.3. The molecule has 13 heavy (non-hydrogen) atoms. The van der Waals surface area contributed by atoms with Crippen molar-refractivity contribution in [2.24, 2.45) is 0 Å². The maximum Gasteiger partial charge on any atom is 0.280 e. The Balaban J connectivity index is 2.36. The Morgan fingerprint density at radius 3 is 2.62 bits per heavy atom. The predicted octanol–water partition coefficient (Wildman–Crippen LogP) is 2.48. The van der Waals surface area contributed by atoms with Crippen molar-refractivity contribution in [2.75, 3.05) is 5.73 Å². The number of nitrogens with zero attached hydrogens (tertiary/aromatic N) is 1. The highest BCUT2D eigenvalue weighted by molar-refractivity contribution is 5.46. The Morgan fingerprint density at radius 2 is 2.08 bits per heavy atom. The molecule has 1 aromatic rings. The zero-order valence-corrected chi connectivity index (χ0v) is 7.00. The fraction of sp³-hybridized carbons (Fsp3) is 0.444. The summed E-state index contributed by atoms with van der Waals surface area (Å²) in [7, 11) is 0. The molecule has 0 atom stereocenters. The SMILES string of the molecule is Nc1ccc(C(F)F)nc1C1CC1. The van der Waals surface area contributed by atoms with Crippen molar-refractivity contribution in [3.63, 3.8) is 0 Å². The lowest BCUT2D eigenvalue weighted by Gasteiger charge is -2.05. The Morgan fingerprint density at radius 1 is 1.38 bits per heavy atom. The number of rotatable bonds is 2. The zero-order valence-electron chi connectivity index (χ0n) is 7.00. The van der Waals surface area contributed by atoms with Crippen LogP contribution in [0.1, 0.15) is 36.6 Å². The Kier molecular flexibility index (Phi) is 1.90. The monoisotopic (exact) mass is 184 g/mol. The largest absolute Gasteiger partial charge is 0.397 e. The molecule has 2 N–H and O–H groups in total. The summed E-state index contributed by atoms with van der Waals surface area (Å²) in [5.41, 5.74) is 6.64. The smallest absolute Gasteiger partial charge is 0.280 e. The van der Waals surface area contributed by atoms with Crippen LogP contribution in [0.5, 0.6) is 0 Å². The van der Waals surface area contributed by atoms with Crippen molar-refractivity contribution in [2.45, 2.75) is 25.2 Å². The van der Waals surface area contributed by atoms with Crippen LogP contribution in [0.25, 0.3) is 0 Å². The Bertz CT molecular complexity index is 321. The van der Waals surface area contributed by atoms with Crippen molar-refractivity contribution >= 4 is 5.69 Å². The second-order valence-electron chi connectivity index (χ2n) is 3.29. The van der Waals surface area contributed by atoms with Crippen LogP contribution in [-0.2, 0) is 0 Å². The molecule has 0 aromatic carbocycles. The van der Waals surface area contributed by atoms with Crippen LogP contribution in [0.15, 0.2) is 12.1 Å². The molecular weight excluding hydrogens is 174 g/mol. The van der Waals surface area contributed by atoms with E-state index in [2.05, 4.69) is 4.98 Å². The third-order valence-corrected chi connectivity index (χ3v) is 2.17. The highest BCUT2D eigenvalue weighted by atomic mass is 19.3. The van der Waals surface area contributed by atoms with E-state index in [4.69, 9.17) is 5.73 Å². The summed E-state index contributed by atoms with van der Waals surface area (Å²) in [6.45, 7) is 0. The van der Waals surface area contributed by atoms with E-state index in [-0.39, 0.29) is 5.69 Å². The van der Waals surface area contributed by atoms with Crippen molar-refractivity contribution in [1.29, 1.82) is 0 Å². The molecule has 1 fully saturated rings.